The first-order chi connectivity index (χ1) is 12.4. The molecule has 0 fully saturated rings. The minimum absolute atomic E-state index is 0.0307. The van der Waals surface area contributed by atoms with Gasteiger partial charge in [-0.05, 0) is 39.8 Å². The Kier molecular flexibility index (Phi) is 8.27. The normalized spacial score (nSPS) is 10.0. The highest BCUT2D eigenvalue weighted by atomic mass is 16.5. The SMILES string of the molecule is CCOC(=O)c1cc(C(=O)OCC)c(C(=O)OCC)c(C(=O)OCC)c1. The van der Waals surface area contributed by atoms with E-state index in [9.17, 15) is 19.2 Å². The molecule has 0 aliphatic heterocycles. The van der Waals surface area contributed by atoms with Gasteiger partial charge in [-0.3, -0.25) is 0 Å². The number of esters is 4. The minimum atomic E-state index is -0.894. The number of benzene rings is 1. The largest absolute Gasteiger partial charge is 0.462 e. The Labute approximate surface area is 151 Å². The zero-order valence-corrected chi connectivity index (χ0v) is 15.2. The van der Waals surface area contributed by atoms with E-state index in [0.29, 0.717) is 0 Å². The summed E-state index contributed by atoms with van der Waals surface area (Å²) in [4.78, 5) is 49.0. The lowest BCUT2D eigenvalue weighted by Crippen LogP contribution is -2.21. The molecule has 26 heavy (non-hydrogen) atoms. The maximum absolute atomic E-state index is 12.4. The van der Waals surface area contributed by atoms with Crippen molar-refractivity contribution < 1.29 is 38.1 Å². The van der Waals surface area contributed by atoms with Gasteiger partial charge < -0.3 is 18.9 Å². The number of carbonyl (C=O) groups is 4. The zero-order valence-electron chi connectivity index (χ0n) is 15.2. The number of rotatable bonds is 8. The van der Waals surface area contributed by atoms with E-state index < -0.39 is 23.9 Å². The first-order valence-corrected chi connectivity index (χ1v) is 8.27. The van der Waals surface area contributed by atoms with E-state index in [-0.39, 0.29) is 48.7 Å². The molecule has 0 aliphatic rings. The van der Waals surface area contributed by atoms with Gasteiger partial charge in [-0.15, -0.1) is 0 Å². The van der Waals surface area contributed by atoms with Crippen LogP contribution in [0.1, 0.15) is 69.1 Å². The predicted octanol–water partition coefficient (Wildman–Crippen LogP) is 2.39. The van der Waals surface area contributed by atoms with E-state index in [1.165, 1.54) is 0 Å². The molecule has 0 saturated heterocycles. The number of carbonyl (C=O) groups excluding carboxylic acids is 4. The van der Waals surface area contributed by atoms with Gasteiger partial charge in [0.1, 0.15) is 0 Å². The van der Waals surface area contributed by atoms with Crippen LogP contribution < -0.4 is 0 Å². The molecule has 1 rings (SSSR count). The monoisotopic (exact) mass is 366 g/mol. The summed E-state index contributed by atoms with van der Waals surface area (Å²) < 4.78 is 19.7. The molecular weight excluding hydrogens is 344 g/mol. The minimum Gasteiger partial charge on any atom is -0.462 e. The van der Waals surface area contributed by atoms with Gasteiger partial charge in [0.15, 0.2) is 0 Å². The maximum atomic E-state index is 12.4. The smallest absolute Gasteiger partial charge is 0.339 e. The molecule has 1 aromatic carbocycles. The Bertz CT molecular complexity index is 653. The second-order valence-electron chi connectivity index (χ2n) is 4.83. The van der Waals surface area contributed by atoms with Gasteiger partial charge in [-0.1, -0.05) is 0 Å². The molecular formula is C18H22O8. The van der Waals surface area contributed by atoms with E-state index in [2.05, 4.69) is 0 Å². The molecule has 0 radical (unpaired) electrons. The molecule has 8 heteroatoms. The van der Waals surface area contributed by atoms with Gasteiger partial charge in [-0.25, -0.2) is 19.2 Å². The summed E-state index contributed by atoms with van der Waals surface area (Å²) in [7, 11) is 0. The van der Waals surface area contributed by atoms with Crippen LogP contribution in [0.4, 0.5) is 0 Å². The fourth-order valence-electron chi connectivity index (χ4n) is 2.14. The number of hydrogen-bond donors (Lipinski definition) is 0. The third-order valence-electron chi connectivity index (χ3n) is 3.12. The third kappa shape index (κ3) is 5.05. The van der Waals surface area contributed by atoms with Crippen LogP contribution in [0.2, 0.25) is 0 Å². The van der Waals surface area contributed by atoms with Crippen LogP contribution in [0.3, 0.4) is 0 Å². The van der Waals surface area contributed by atoms with Gasteiger partial charge in [0, 0.05) is 0 Å². The Morgan fingerprint density at radius 2 is 0.962 bits per heavy atom. The van der Waals surface area contributed by atoms with Crippen molar-refractivity contribution in [1.29, 1.82) is 0 Å². The Hall–Kier alpha value is -2.90. The first kappa shape index (κ1) is 21.1. The second kappa shape index (κ2) is 10.2. The summed E-state index contributed by atoms with van der Waals surface area (Å²) >= 11 is 0. The summed E-state index contributed by atoms with van der Waals surface area (Å²) in [6, 6.07) is 2.29. The van der Waals surface area contributed by atoms with E-state index in [1.54, 1.807) is 27.7 Å². The van der Waals surface area contributed by atoms with E-state index in [0.717, 1.165) is 12.1 Å². The average Bonchev–Trinajstić information content (AvgIpc) is 2.61. The molecule has 0 bridgehead atoms. The van der Waals surface area contributed by atoms with Crippen LogP contribution in [-0.2, 0) is 18.9 Å². The predicted molar refractivity (Wildman–Crippen MR) is 90.3 cm³/mol. The van der Waals surface area contributed by atoms with E-state index >= 15 is 0 Å². The lowest BCUT2D eigenvalue weighted by atomic mass is 9.97. The summed E-state index contributed by atoms with van der Waals surface area (Å²) in [5, 5.41) is 0. The van der Waals surface area contributed by atoms with Crippen molar-refractivity contribution >= 4 is 23.9 Å². The van der Waals surface area contributed by atoms with Crippen LogP contribution in [0, 0.1) is 0 Å². The number of ether oxygens (including phenoxy) is 4. The molecule has 0 amide bonds. The standard InChI is InChI=1S/C18H22O8/c1-5-23-15(19)11-9-12(16(20)24-6-2)14(18(22)26-8-4)13(10-11)17(21)25-7-3/h9-10H,5-8H2,1-4H3. The van der Waals surface area contributed by atoms with E-state index in [4.69, 9.17) is 18.9 Å². The van der Waals surface area contributed by atoms with Gasteiger partial charge in [-0.2, -0.15) is 0 Å². The maximum Gasteiger partial charge on any atom is 0.339 e. The summed E-state index contributed by atoms with van der Waals surface area (Å²) in [5.41, 5.74) is -0.916. The molecule has 0 atom stereocenters. The highest BCUT2D eigenvalue weighted by molar-refractivity contribution is 6.12. The first-order valence-electron chi connectivity index (χ1n) is 8.27. The molecule has 0 spiro atoms. The molecule has 0 unspecified atom stereocenters. The van der Waals surface area contributed by atoms with Crippen molar-refractivity contribution in [2.24, 2.45) is 0 Å². The summed E-state index contributed by atoms with van der Waals surface area (Å²) in [6.07, 6.45) is 0. The van der Waals surface area contributed by atoms with Gasteiger partial charge in [0.25, 0.3) is 0 Å². The topological polar surface area (TPSA) is 105 Å². The van der Waals surface area contributed by atoms with Crippen LogP contribution in [0.15, 0.2) is 12.1 Å². The van der Waals surface area contributed by atoms with Crippen LogP contribution >= 0.6 is 0 Å². The molecule has 142 valence electrons. The molecule has 0 heterocycles. The molecule has 0 aromatic heterocycles. The van der Waals surface area contributed by atoms with Crippen LogP contribution in [-0.4, -0.2) is 50.3 Å². The van der Waals surface area contributed by atoms with Crippen LogP contribution in [0.25, 0.3) is 0 Å². The lowest BCUT2D eigenvalue weighted by molar-refractivity contribution is 0.0456. The quantitative estimate of drug-likeness (QED) is 0.510. The summed E-state index contributed by atoms with van der Waals surface area (Å²) in [5.74, 6) is -3.38. The molecule has 8 nitrogen and oxygen atoms in total. The zero-order chi connectivity index (χ0) is 19.7. The third-order valence-corrected chi connectivity index (χ3v) is 3.12. The Balaban J connectivity index is 3.68. The second-order valence-corrected chi connectivity index (χ2v) is 4.83. The fourth-order valence-corrected chi connectivity index (χ4v) is 2.14. The highest BCUT2D eigenvalue weighted by Crippen LogP contribution is 2.22. The number of hydrogen-bond acceptors (Lipinski definition) is 8. The highest BCUT2D eigenvalue weighted by Gasteiger charge is 2.29. The van der Waals surface area contributed by atoms with Gasteiger partial charge in [0.05, 0.1) is 48.7 Å². The summed E-state index contributed by atoms with van der Waals surface area (Å²) in [6.45, 7) is 6.58. The van der Waals surface area contributed by atoms with Crippen molar-refractivity contribution in [3.8, 4) is 0 Å². The Morgan fingerprint density at radius 3 is 1.35 bits per heavy atom. The lowest BCUT2D eigenvalue weighted by Gasteiger charge is -2.14. The average molecular weight is 366 g/mol. The van der Waals surface area contributed by atoms with Crippen molar-refractivity contribution in [2.75, 3.05) is 26.4 Å². The Morgan fingerprint density at radius 1 is 0.615 bits per heavy atom. The molecule has 0 N–H and O–H groups in total. The van der Waals surface area contributed by atoms with E-state index in [1.807, 2.05) is 0 Å². The van der Waals surface area contributed by atoms with Gasteiger partial charge >= 0.3 is 23.9 Å². The molecule has 0 saturated carbocycles. The molecule has 1 aromatic rings. The van der Waals surface area contributed by atoms with Crippen molar-refractivity contribution in [1.82, 2.24) is 0 Å². The molecule has 0 aliphatic carbocycles. The van der Waals surface area contributed by atoms with Crippen molar-refractivity contribution in [3.05, 3.63) is 34.4 Å². The van der Waals surface area contributed by atoms with Gasteiger partial charge in [0.2, 0.25) is 0 Å². The van der Waals surface area contributed by atoms with Crippen molar-refractivity contribution in [2.45, 2.75) is 27.7 Å². The fraction of sp³-hybridized carbons (Fsp3) is 0.444. The van der Waals surface area contributed by atoms with Crippen LogP contribution in [0.5, 0.6) is 0 Å². The van der Waals surface area contributed by atoms with Crippen molar-refractivity contribution in [3.63, 3.8) is 0 Å².